The maximum Gasteiger partial charge on any atom is 0.294 e. The van der Waals surface area contributed by atoms with Crippen molar-refractivity contribution >= 4 is 17.3 Å². The van der Waals surface area contributed by atoms with E-state index in [9.17, 15) is 4.79 Å². The molecular formula is C16H22ClN3O. The first-order valence-electron chi connectivity index (χ1n) is 7.15. The number of hydrogen-bond acceptors (Lipinski definition) is 2. The van der Waals surface area contributed by atoms with Crippen LogP contribution in [0.25, 0.3) is 5.69 Å². The Morgan fingerprint density at radius 3 is 2.48 bits per heavy atom. The normalized spacial score (nSPS) is 11.9. The molecule has 2 aromatic rings. The molecular weight excluding hydrogens is 286 g/mol. The second kappa shape index (κ2) is 5.60. The third-order valence-electron chi connectivity index (χ3n) is 3.38. The second-order valence-corrected chi connectivity index (χ2v) is 6.67. The topological polar surface area (TPSA) is 52.9 Å². The molecule has 2 N–H and O–H groups in total. The number of rotatable bonds is 3. The predicted octanol–water partition coefficient (Wildman–Crippen LogP) is 3.58. The van der Waals surface area contributed by atoms with Crippen LogP contribution in [0.4, 0.5) is 5.69 Å². The third kappa shape index (κ3) is 2.86. The van der Waals surface area contributed by atoms with E-state index >= 15 is 0 Å². The van der Waals surface area contributed by atoms with Gasteiger partial charge in [0.15, 0.2) is 0 Å². The van der Waals surface area contributed by atoms with Gasteiger partial charge in [-0.25, -0.2) is 4.68 Å². The molecule has 0 atom stereocenters. The average Bonchev–Trinajstić information content (AvgIpc) is 2.61. The van der Waals surface area contributed by atoms with Crippen LogP contribution in [-0.2, 0) is 12.0 Å². The fraction of sp³-hybridized carbons (Fsp3) is 0.438. The van der Waals surface area contributed by atoms with Crippen molar-refractivity contribution in [2.24, 2.45) is 0 Å². The molecule has 0 saturated carbocycles. The number of aromatic nitrogens is 2. The summed E-state index contributed by atoms with van der Waals surface area (Å²) in [6.45, 7) is 8.99. The minimum absolute atomic E-state index is 0.185. The van der Waals surface area contributed by atoms with Crippen LogP contribution in [0.1, 0.15) is 39.8 Å². The molecule has 0 spiro atoms. The van der Waals surface area contributed by atoms with Crippen molar-refractivity contribution in [1.82, 2.24) is 9.36 Å². The van der Waals surface area contributed by atoms with Crippen LogP contribution in [-0.4, -0.2) is 9.36 Å². The number of benzene rings is 1. The van der Waals surface area contributed by atoms with Crippen molar-refractivity contribution in [2.75, 3.05) is 5.73 Å². The Balaban J connectivity index is 2.80. The van der Waals surface area contributed by atoms with Crippen LogP contribution in [0, 0.1) is 0 Å². The average molecular weight is 308 g/mol. The van der Waals surface area contributed by atoms with Crippen molar-refractivity contribution in [1.29, 1.82) is 0 Å². The van der Waals surface area contributed by atoms with Gasteiger partial charge in [-0.3, -0.25) is 9.48 Å². The van der Waals surface area contributed by atoms with Crippen molar-refractivity contribution in [3.05, 3.63) is 45.3 Å². The maximum atomic E-state index is 12.6. The van der Waals surface area contributed by atoms with E-state index in [2.05, 4.69) is 27.7 Å². The summed E-state index contributed by atoms with van der Waals surface area (Å²) in [5.74, 6) is 0. The van der Waals surface area contributed by atoms with Crippen molar-refractivity contribution in [3.63, 3.8) is 0 Å². The lowest BCUT2D eigenvalue weighted by Gasteiger charge is -2.23. The minimum atomic E-state index is -0.206. The smallest absolute Gasteiger partial charge is 0.294 e. The Morgan fingerprint density at radius 2 is 1.95 bits per heavy atom. The fourth-order valence-electron chi connectivity index (χ4n) is 2.64. The highest BCUT2D eigenvalue weighted by molar-refractivity contribution is 6.30. The number of halogens is 1. The molecule has 2 rings (SSSR count). The van der Waals surface area contributed by atoms with E-state index in [-0.39, 0.29) is 11.0 Å². The zero-order valence-corrected chi connectivity index (χ0v) is 13.7. The van der Waals surface area contributed by atoms with Crippen LogP contribution in [0.5, 0.6) is 0 Å². The van der Waals surface area contributed by atoms with Gasteiger partial charge in [-0.1, -0.05) is 45.4 Å². The molecule has 1 heterocycles. The molecule has 21 heavy (non-hydrogen) atoms. The van der Waals surface area contributed by atoms with Crippen LogP contribution >= 0.6 is 11.6 Å². The summed E-state index contributed by atoms with van der Waals surface area (Å²) in [6, 6.07) is 7.27. The van der Waals surface area contributed by atoms with E-state index in [1.807, 2.05) is 16.8 Å². The van der Waals surface area contributed by atoms with Crippen molar-refractivity contribution in [3.8, 4) is 5.69 Å². The van der Waals surface area contributed by atoms with Gasteiger partial charge in [-0.05, 0) is 24.6 Å². The zero-order chi connectivity index (χ0) is 15.8. The predicted molar refractivity (Wildman–Crippen MR) is 88.4 cm³/mol. The molecule has 5 heteroatoms. The maximum absolute atomic E-state index is 12.6. The Morgan fingerprint density at radius 1 is 1.29 bits per heavy atom. The van der Waals surface area contributed by atoms with E-state index in [0.717, 1.165) is 24.3 Å². The van der Waals surface area contributed by atoms with Gasteiger partial charge in [0.1, 0.15) is 5.69 Å². The van der Waals surface area contributed by atoms with Gasteiger partial charge in [0.2, 0.25) is 0 Å². The molecule has 0 bridgehead atoms. The molecule has 0 aliphatic heterocycles. The number of anilines is 1. The highest BCUT2D eigenvalue weighted by Crippen LogP contribution is 2.28. The van der Waals surface area contributed by atoms with Gasteiger partial charge < -0.3 is 5.73 Å². The molecule has 0 unspecified atom stereocenters. The summed E-state index contributed by atoms with van der Waals surface area (Å²) in [7, 11) is 0. The van der Waals surface area contributed by atoms with Crippen molar-refractivity contribution < 1.29 is 0 Å². The molecule has 0 radical (unpaired) electrons. The molecule has 0 aliphatic rings. The van der Waals surface area contributed by atoms with Gasteiger partial charge in [0.25, 0.3) is 5.56 Å². The van der Waals surface area contributed by atoms with Gasteiger partial charge in [-0.15, -0.1) is 0 Å². The van der Waals surface area contributed by atoms with Crippen LogP contribution in [0.15, 0.2) is 29.1 Å². The Labute approximate surface area is 130 Å². The molecule has 0 fully saturated rings. The number of nitrogens with zero attached hydrogens (tertiary/aromatic N) is 2. The summed E-state index contributed by atoms with van der Waals surface area (Å²) in [6.07, 6.45) is 0.914. The van der Waals surface area contributed by atoms with Crippen LogP contribution in [0.2, 0.25) is 5.02 Å². The summed E-state index contributed by atoms with van der Waals surface area (Å²) in [5, 5.41) is 0.597. The number of hydrogen-bond donors (Lipinski definition) is 1. The zero-order valence-electron chi connectivity index (χ0n) is 13.0. The fourth-order valence-corrected chi connectivity index (χ4v) is 2.83. The lowest BCUT2D eigenvalue weighted by atomic mass is 9.91. The van der Waals surface area contributed by atoms with E-state index < -0.39 is 0 Å². The number of nitrogens with two attached hydrogens (primary N) is 1. The van der Waals surface area contributed by atoms with E-state index in [1.165, 1.54) is 0 Å². The second-order valence-electron chi connectivity index (χ2n) is 6.23. The van der Waals surface area contributed by atoms with Gasteiger partial charge in [0.05, 0.1) is 11.4 Å². The molecule has 1 aromatic heterocycles. The van der Waals surface area contributed by atoms with E-state index in [1.54, 1.807) is 16.8 Å². The molecule has 0 aliphatic carbocycles. The van der Waals surface area contributed by atoms with Gasteiger partial charge in [-0.2, -0.15) is 0 Å². The first kappa shape index (κ1) is 15.7. The Kier molecular flexibility index (Phi) is 4.19. The summed E-state index contributed by atoms with van der Waals surface area (Å²) < 4.78 is 3.61. The van der Waals surface area contributed by atoms with Crippen LogP contribution < -0.4 is 11.3 Å². The minimum Gasteiger partial charge on any atom is -0.393 e. The quantitative estimate of drug-likeness (QED) is 0.942. The third-order valence-corrected chi connectivity index (χ3v) is 3.61. The van der Waals surface area contributed by atoms with E-state index in [4.69, 9.17) is 17.3 Å². The largest absolute Gasteiger partial charge is 0.393 e. The molecule has 114 valence electrons. The molecule has 0 amide bonds. The Hall–Kier alpha value is -1.68. The summed E-state index contributed by atoms with van der Waals surface area (Å²) in [5.41, 5.74) is 7.64. The molecule has 1 aromatic carbocycles. The highest BCUT2D eigenvalue weighted by Gasteiger charge is 2.27. The standard InChI is InChI=1S/C16H22ClN3O/c1-5-9-19-14(16(2,3)4)13(18)15(21)20(19)12-8-6-7-11(17)10-12/h6-8,10H,5,9,18H2,1-4H3. The molecule has 4 nitrogen and oxygen atoms in total. The summed E-state index contributed by atoms with van der Waals surface area (Å²) in [4.78, 5) is 12.6. The first-order valence-corrected chi connectivity index (χ1v) is 7.53. The lowest BCUT2D eigenvalue weighted by molar-refractivity contribution is 0.452. The SMILES string of the molecule is CCCn1c(C(C)(C)C)c(N)c(=O)n1-c1cccc(Cl)c1. The monoisotopic (exact) mass is 307 g/mol. The van der Waals surface area contributed by atoms with Gasteiger partial charge in [0, 0.05) is 17.0 Å². The highest BCUT2D eigenvalue weighted by atomic mass is 35.5. The first-order chi connectivity index (χ1) is 9.77. The van der Waals surface area contributed by atoms with E-state index in [0.29, 0.717) is 10.7 Å². The summed E-state index contributed by atoms with van der Waals surface area (Å²) >= 11 is 6.06. The van der Waals surface area contributed by atoms with Crippen molar-refractivity contribution in [2.45, 2.75) is 46.1 Å². The molecule has 0 saturated heterocycles. The Bertz CT molecular complexity index is 707. The number of nitrogen functional groups attached to an aromatic ring is 1. The van der Waals surface area contributed by atoms with Crippen LogP contribution in [0.3, 0.4) is 0 Å². The van der Waals surface area contributed by atoms with Gasteiger partial charge >= 0.3 is 0 Å². The lowest BCUT2D eigenvalue weighted by Crippen LogP contribution is -2.24.